The summed E-state index contributed by atoms with van der Waals surface area (Å²) in [7, 11) is 1.49. The van der Waals surface area contributed by atoms with Crippen LogP contribution in [0.25, 0.3) is 0 Å². The largest absolute Gasteiger partial charge is 0.504 e. The Kier molecular flexibility index (Phi) is 4.74. The van der Waals surface area contributed by atoms with Crippen LogP contribution < -0.4 is 10.2 Å². The standard InChI is InChI=1S/C14H15BrN4O2/c1-8-4-9(2)18-14(17-8)19-16-7-10-5-11(15)6-12(21-3)13(10)20/h4-7,20H,1-3H3,(H,17,18,19). The van der Waals surface area contributed by atoms with E-state index in [1.807, 2.05) is 19.9 Å². The van der Waals surface area contributed by atoms with E-state index in [-0.39, 0.29) is 5.75 Å². The monoisotopic (exact) mass is 350 g/mol. The Hall–Kier alpha value is -2.15. The number of phenols is 1. The smallest absolute Gasteiger partial charge is 0.243 e. The number of benzene rings is 1. The van der Waals surface area contributed by atoms with E-state index in [1.54, 1.807) is 12.1 Å². The lowest BCUT2D eigenvalue weighted by Gasteiger charge is -2.07. The van der Waals surface area contributed by atoms with E-state index in [9.17, 15) is 5.11 Å². The molecule has 21 heavy (non-hydrogen) atoms. The van der Waals surface area contributed by atoms with Gasteiger partial charge in [0.2, 0.25) is 5.95 Å². The minimum Gasteiger partial charge on any atom is -0.504 e. The van der Waals surface area contributed by atoms with Gasteiger partial charge < -0.3 is 9.84 Å². The zero-order valence-electron chi connectivity index (χ0n) is 11.9. The average molecular weight is 351 g/mol. The Labute approximate surface area is 131 Å². The van der Waals surface area contributed by atoms with Gasteiger partial charge in [0.05, 0.1) is 13.3 Å². The summed E-state index contributed by atoms with van der Waals surface area (Å²) < 4.78 is 5.85. The first-order chi connectivity index (χ1) is 9.99. The van der Waals surface area contributed by atoms with Gasteiger partial charge in [-0.05, 0) is 32.0 Å². The van der Waals surface area contributed by atoms with Gasteiger partial charge in [-0.25, -0.2) is 15.4 Å². The van der Waals surface area contributed by atoms with Crippen LogP contribution in [0.15, 0.2) is 27.8 Å². The number of nitrogens with one attached hydrogen (secondary N) is 1. The fourth-order valence-electron chi connectivity index (χ4n) is 1.78. The molecule has 0 saturated heterocycles. The van der Waals surface area contributed by atoms with Crippen molar-refractivity contribution in [2.24, 2.45) is 5.10 Å². The molecule has 0 unspecified atom stereocenters. The summed E-state index contributed by atoms with van der Waals surface area (Å²) >= 11 is 3.35. The van der Waals surface area contributed by atoms with E-state index < -0.39 is 0 Å². The number of hydrogen-bond donors (Lipinski definition) is 2. The van der Waals surface area contributed by atoms with Crippen LogP contribution >= 0.6 is 15.9 Å². The first kappa shape index (κ1) is 15.2. The third kappa shape index (κ3) is 3.91. The molecule has 0 aliphatic heterocycles. The fraction of sp³-hybridized carbons (Fsp3) is 0.214. The van der Waals surface area contributed by atoms with Crippen LogP contribution in [0.1, 0.15) is 17.0 Å². The summed E-state index contributed by atoms with van der Waals surface area (Å²) in [5.74, 6) is 0.797. The first-order valence-electron chi connectivity index (χ1n) is 6.17. The van der Waals surface area contributed by atoms with E-state index in [0.29, 0.717) is 17.3 Å². The highest BCUT2D eigenvalue weighted by atomic mass is 79.9. The quantitative estimate of drug-likeness (QED) is 0.654. The number of ether oxygens (including phenoxy) is 1. The molecule has 2 aromatic rings. The normalized spacial score (nSPS) is 10.9. The van der Waals surface area contributed by atoms with Crippen LogP contribution in [0.5, 0.6) is 11.5 Å². The number of hydrogen-bond acceptors (Lipinski definition) is 6. The predicted octanol–water partition coefficient (Wildman–Crippen LogP) is 3.02. The molecular weight excluding hydrogens is 336 g/mol. The average Bonchev–Trinajstić information content (AvgIpc) is 2.41. The molecule has 0 bridgehead atoms. The fourth-order valence-corrected chi connectivity index (χ4v) is 2.24. The number of nitrogens with zero attached hydrogens (tertiary/aromatic N) is 3. The number of rotatable bonds is 4. The van der Waals surface area contributed by atoms with Crippen molar-refractivity contribution in [3.05, 3.63) is 39.6 Å². The third-order valence-corrected chi connectivity index (χ3v) is 3.10. The van der Waals surface area contributed by atoms with Gasteiger partial charge in [0.25, 0.3) is 0 Å². The second-order valence-electron chi connectivity index (χ2n) is 4.39. The van der Waals surface area contributed by atoms with E-state index >= 15 is 0 Å². The van der Waals surface area contributed by atoms with E-state index in [0.717, 1.165) is 15.9 Å². The highest BCUT2D eigenvalue weighted by Gasteiger charge is 2.08. The van der Waals surface area contributed by atoms with E-state index in [4.69, 9.17) is 4.74 Å². The summed E-state index contributed by atoms with van der Waals surface area (Å²) in [4.78, 5) is 8.41. The Morgan fingerprint density at radius 1 is 1.24 bits per heavy atom. The lowest BCUT2D eigenvalue weighted by molar-refractivity contribution is 0.373. The van der Waals surface area contributed by atoms with Crippen molar-refractivity contribution in [1.29, 1.82) is 0 Å². The second-order valence-corrected chi connectivity index (χ2v) is 5.31. The first-order valence-corrected chi connectivity index (χ1v) is 6.96. The maximum atomic E-state index is 10.0. The number of phenolic OH excluding ortho intramolecular Hbond substituents is 1. The SMILES string of the molecule is COc1cc(Br)cc(C=NNc2nc(C)cc(C)n2)c1O. The van der Waals surface area contributed by atoms with Crippen molar-refractivity contribution >= 4 is 28.1 Å². The van der Waals surface area contributed by atoms with Crippen LogP contribution in [-0.2, 0) is 0 Å². The van der Waals surface area contributed by atoms with Crippen molar-refractivity contribution in [2.45, 2.75) is 13.8 Å². The van der Waals surface area contributed by atoms with Crippen molar-refractivity contribution in [1.82, 2.24) is 9.97 Å². The van der Waals surface area contributed by atoms with Crippen molar-refractivity contribution < 1.29 is 9.84 Å². The lowest BCUT2D eigenvalue weighted by atomic mass is 10.2. The molecule has 7 heteroatoms. The van der Waals surface area contributed by atoms with E-state index in [2.05, 4.69) is 36.4 Å². The minimum atomic E-state index is 0.0209. The molecule has 2 N–H and O–H groups in total. The molecule has 1 aromatic heterocycles. The van der Waals surface area contributed by atoms with Gasteiger partial charge in [-0.3, -0.25) is 0 Å². The molecule has 0 saturated carbocycles. The molecular formula is C14H15BrN4O2. The third-order valence-electron chi connectivity index (χ3n) is 2.64. The van der Waals surface area contributed by atoms with Gasteiger partial charge in [-0.2, -0.15) is 5.10 Å². The van der Waals surface area contributed by atoms with Gasteiger partial charge in [-0.1, -0.05) is 15.9 Å². The second kappa shape index (κ2) is 6.53. The highest BCUT2D eigenvalue weighted by Crippen LogP contribution is 2.32. The van der Waals surface area contributed by atoms with Gasteiger partial charge >= 0.3 is 0 Å². The molecule has 0 spiro atoms. The van der Waals surface area contributed by atoms with Crippen LogP contribution in [0.4, 0.5) is 5.95 Å². The molecule has 0 aliphatic carbocycles. The van der Waals surface area contributed by atoms with Crippen LogP contribution in [-0.4, -0.2) is 28.4 Å². The molecule has 2 rings (SSSR count). The predicted molar refractivity (Wildman–Crippen MR) is 85.1 cm³/mol. The minimum absolute atomic E-state index is 0.0209. The molecule has 110 valence electrons. The number of anilines is 1. The molecule has 6 nitrogen and oxygen atoms in total. The lowest BCUT2D eigenvalue weighted by Crippen LogP contribution is -2.00. The molecule has 0 aliphatic rings. The summed E-state index contributed by atoms with van der Waals surface area (Å²) in [5.41, 5.74) is 4.96. The number of aryl methyl sites for hydroxylation is 2. The molecule has 1 aromatic carbocycles. The molecule has 0 amide bonds. The van der Waals surface area contributed by atoms with Crippen molar-refractivity contribution in [3.8, 4) is 11.5 Å². The number of halogens is 1. The van der Waals surface area contributed by atoms with Crippen molar-refractivity contribution in [3.63, 3.8) is 0 Å². The maximum absolute atomic E-state index is 10.0. The Morgan fingerprint density at radius 2 is 1.90 bits per heavy atom. The maximum Gasteiger partial charge on any atom is 0.243 e. The van der Waals surface area contributed by atoms with Crippen LogP contribution in [0.2, 0.25) is 0 Å². The van der Waals surface area contributed by atoms with Gasteiger partial charge in [-0.15, -0.1) is 0 Å². The zero-order chi connectivity index (χ0) is 15.4. The molecule has 1 heterocycles. The number of methoxy groups -OCH3 is 1. The number of hydrazone groups is 1. The van der Waals surface area contributed by atoms with Crippen molar-refractivity contribution in [2.75, 3.05) is 12.5 Å². The van der Waals surface area contributed by atoms with Gasteiger partial charge in [0.15, 0.2) is 11.5 Å². The highest BCUT2D eigenvalue weighted by molar-refractivity contribution is 9.10. The summed E-state index contributed by atoms with van der Waals surface area (Å²) in [6.07, 6.45) is 1.48. The van der Waals surface area contributed by atoms with Gasteiger partial charge in [0.1, 0.15) is 0 Å². The Balaban J connectivity index is 2.20. The Bertz CT molecular complexity index is 669. The van der Waals surface area contributed by atoms with Crippen LogP contribution in [0, 0.1) is 13.8 Å². The van der Waals surface area contributed by atoms with Gasteiger partial charge in [0, 0.05) is 21.4 Å². The number of aromatic nitrogens is 2. The Morgan fingerprint density at radius 3 is 2.52 bits per heavy atom. The van der Waals surface area contributed by atoms with Crippen LogP contribution in [0.3, 0.4) is 0 Å². The summed E-state index contributed by atoms with van der Waals surface area (Å²) in [6.45, 7) is 3.77. The topological polar surface area (TPSA) is 79.6 Å². The molecule has 0 atom stereocenters. The summed E-state index contributed by atoms with van der Waals surface area (Å²) in [5, 5.41) is 14.0. The molecule has 0 fully saturated rings. The van der Waals surface area contributed by atoms with E-state index in [1.165, 1.54) is 13.3 Å². The zero-order valence-corrected chi connectivity index (χ0v) is 13.5. The molecule has 0 radical (unpaired) electrons. The summed E-state index contributed by atoms with van der Waals surface area (Å²) in [6, 6.07) is 5.28. The number of aromatic hydroxyl groups is 1.